The topological polar surface area (TPSA) is 67.2 Å². The third kappa shape index (κ3) is 3.60. The average molecular weight is 427 g/mol. The molecule has 2 aliphatic rings. The Hall–Kier alpha value is -2.74. The molecule has 0 bridgehead atoms. The number of aryl methyl sites for hydroxylation is 1. The molecule has 3 heterocycles. The first kappa shape index (κ1) is 19.2. The maximum atomic E-state index is 13.3. The molecule has 0 atom stereocenters. The van der Waals surface area contributed by atoms with Crippen molar-refractivity contribution in [2.75, 3.05) is 13.1 Å². The Kier molecular flexibility index (Phi) is 4.81. The van der Waals surface area contributed by atoms with Gasteiger partial charge < -0.3 is 10.2 Å². The summed E-state index contributed by atoms with van der Waals surface area (Å²) in [7, 11) is 0. The van der Waals surface area contributed by atoms with Gasteiger partial charge in [0.1, 0.15) is 10.6 Å². The monoisotopic (exact) mass is 426 g/mol. The van der Waals surface area contributed by atoms with Crippen LogP contribution in [0.3, 0.4) is 0 Å². The van der Waals surface area contributed by atoms with E-state index in [2.05, 4.69) is 10.4 Å². The van der Waals surface area contributed by atoms with E-state index in [0.717, 1.165) is 34.4 Å². The normalized spacial score (nSPS) is 17.5. The summed E-state index contributed by atoms with van der Waals surface area (Å²) in [6.07, 6.45) is 3.59. The molecular weight excluding hydrogens is 403 g/mol. The molecule has 156 valence electrons. The third-order valence-electron chi connectivity index (χ3n) is 5.90. The van der Waals surface area contributed by atoms with Gasteiger partial charge in [-0.05, 0) is 62.9 Å². The molecular formula is C22H23FN4O2S. The first-order chi connectivity index (χ1) is 14.5. The Bertz CT molecular complexity index is 1110. The van der Waals surface area contributed by atoms with Gasteiger partial charge in [0.05, 0.1) is 16.3 Å². The molecule has 1 aliphatic heterocycles. The van der Waals surface area contributed by atoms with Crippen LogP contribution in [0.15, 0.2) is 30.3 Å². The number of hydrogen-bond acceptors (Lipinski definition) is 4. The van der Waals surface area contributed by atoms with E-state index >= 15 is 0 Å². The number of piperidine rings is 1. The van der Waals surface area contributed by atoms with Crippen LogP contribution >= 0.6 is 11.3 Å². The molecule has 2 fully saturated rings. The molecule has 5 rings (SSSR count). The molecule has 8 heteroatoms. The lowest BCUT2D eigenvalue weighted by Gasteiger charge is -2.31. The molecule has 1 N–H and O–H groups in total. The van der Waals surface area contributed by atoms with Gasteiger partial charge in [0.15, 0.2) is 0 Å². The summed E-state index contributed by atoms with van der Waals surface area (Å²) in [5, 5.41) is 8.56. The van der Waals surface area contributed by atoms with Crippen LogP contribution in [0.25, 0.3) is 15.9 Å². The number of halogens is 1. The highest BCUT2D eigenvalue weighted by Gasteiger charge is 2.32. The van der Waals surface area contributed by atoms with Crippen molar-refractivity contribution in [3.63, 3.8) is 0 Å². The van der Waals surface area contributed by atoms with Crippen molar-refractivity contribution in [1.82, 2.24) is 20.0 Å². The summed E-state index contributed by atoms with van der Waals surface area (Å²) in [6.45, 7) is 3.10. The lowest BCUT2D eigenvalue weighted by molar-refractivity contribution is -0.126. The van der Waals surface area contributed by atoms with E-state index in [0.29, 0.717) is 36.9 Å². The number of thiophene rings is 1. The molecule has 30 heavy (non-hydrogen) atoms. The number of likely N-dealkylation sites (tertiary alicyclic amines) is 1. The summed E-state index contributed by atoms with van der Waals surface area (Å²) in [4.78, 5) is 28.7. The fourth-order valence-corrected chi connectivity index (χ4v) is 5.11. The number of nitrogens with zero attached hydrogens (tertiary/aromatic N) is 3. The minimum Gasteiger partial charge on any atom is -0.353 e. The zero-order valence-corrected chi connectivity index (χ0v) is 17.5. The second-order valence-electron chi connectivity index (χ2n) is 8.15. The molecule has 0 spiro atoms. The molecule has 1 aliphatic carbocycles. The van der Waals surface area contributed by atoms with Gasteiger partial charge in [-0.15, -0.1) is 11.3 Å². The lowest BCUT2D eigenvalue weighted by Crippen LogP contribution is -2.43. The number of nitrogens with one attached hydrogen (secondary N) is 1. The zero-order chi connectivity index (χ0) is 20.8. The minimum absolute atomic E-state index is 0.00214. The van der Waals surface area contributed by atoms with Gasteiger partial charge in [-0.2, -0.15) is 5.10 Å². The van der Waals surface area contributed by atoms with Crippen LogP contribution in [-0.4, -0.2) is 45.6 Å². The van der Waals surface area contributed by atoms with E-state index < -0.39 is 0 Å². The van der Waals surface area contributed by atoms with E-state index in [9.17, 15) is 14.0 Å². The van der Waals surface area contributed by atoms with Crippen LogP contribution in [0, 0.1) is 18.7 Å². The zero-order valence-electron chi connectivity index (χ0n) is 16.7. The van der Waals surface area contributed by atoms with Crippen LogP contribution in [0.5, 0.6) is 0 Å². The molecule has 1 saturated carbocycles. The molecule has 0 unspecified atom stereocenters. The number of hydrogen-bond donors (Lipinski definition) is 1. The quantitative estimate of drug-likeness (QED) is 0.692. The largest absolute Gasteiger partial charge is 0.353 e. The van der Waals surface area contributed by atoms with Crippen LogP contribution in [0.2, 0.25) is 0 Å². The van der Waals surface area contributed by atoms with Crippen LogP contribution in [-0.2, 0) is 4.79 Å². The van der Waals surface area contributed by atoms with Crippen molar-refractivity contribution in [3.05, 3.63) is 46.7 Å². The molecule has 1 aromatic carbocycles. The SMILES string of the molecule is Cc1nn(-c2ccc(F)cc2)c2sc(C(=O)N3CCC(C(=O)NC4CC4)CC3)cc12. The lowest BCUT2D eigenvalue weighted by atomic mass is 9.95. The standard InChI is InChI=1S/C22H23FN4O2S/c1-13-18-12-19(30-22(18)27(25-13)17-6-2-15(23)3-7-17)21(29)26-10-8-14(9-11-26)20(28)24-16-4-5-16/h2-3,6-7,12,14,16H,4-5,8-11H2,1H3,(H,24,28). The number of rotatable bonds is 4. The third-order valence-corrected chi connectivity index (χ3v) is 7.00. The fourth-order valence-electron chi connectivity index (χ4n) is 3.96. The summed E-state index contributed by atoms with van der Waals surface area (Å²) in [5.74, 6) is -0.148. The van der Waals surface area contributed by atoms with Gasteiger partial charge in [-0.3, -0.25) is 9.59 Å². The van der Waals surface area contributed by atoms with Gasteiger partial charge in [0.2, 0.25) is 5.91 Å². The van der Waals surface area contributed by atoms with Crippen molar-refractivity contribution < 1.29 is 14.0 Å². The fraction of sp³-hybridized carbons (Fsp3) is 0.409. The van der Waals surface area contributed by atoms with E-state index in [1.807, 2.05) is 17.9 Å². The van der Waals surface area contributed by atoms with E-state index in [1.54, 1.807) is 16.8 Å². The second-order valence-corrected chi connectivity index (χ2v) is 9.18. The summed E-state index contributed by atoms with van der Waals surface area (Å²) in [6, 6.07) is 8.44. The van der Waals surface area contributed by atoms with Gasteiger partial charge in [-0.25, -0.2) is 9.07 Å². The summed E-state index contributed by atoms with van der Waals surface area (Å²) >= 11 is 1.41. The summed E-state index contributed by atoms with van der Waals surface area (Å²) in [5.41, 5.74) is 1.60. The number of aromatic nitrogens is 2. The Balaban J connectivity index is 1.32. The molecule has 3 aromatic rings. The Morgan fingerprint density at radius 3 is 2.50 bits per heavy atom. The van der Waals surface area contributed by atoms with E-state index in [1.165, 1.54) is 23.5 Å². The Labute approximate surface area is 177 Å². The van der Waals surface area contributed by atoms with Crippen molar-refractivity contribution in [1.29, 1.82) is 0 Å². The number of amides is 2. The Morgan fingerprint density at radius 2 is 1.83 bits per heavy atom. The Morgan fingerprint density at radius 1 is 1.13 bits per heavy atom. The number of benzene rings is 1. The molecule has 2 amide bonds. The van der Waals surface area contributed by atoms with Gasteiger partial charge in [-0.1, -0.05) is 0 Å². The molecule has 6 nitrogen and oxygen atoms in total. The van der Waals surface area contributed by atoms with Crippen LogP contribution < -0.4 is 5.32 Å². The minimum atomic E-state index is -0.296. The first-order valence-corrected chi connectivity index (χ1v) is 11.2. The van der Waals surface area contributed by atoms with Crippen molar-refractivity contribution in [2.45, 2.75) is 38.6 Å². The van der Waals surface area contributed by atoms with Gasteiger partial charge >= 0.3 is 0 Å². The summed E-state index contributed by atoms with van der Waals surface area (Å²) < 4.78 is 15.0. The number of fused-ring (bicyclic) bond motifs is 1. The molecule has 2 aromatic heterocycles. The smallest absolute Gasteiger partial charge is 0.264 e. The maximum absolute atomic E-state index is 13.3. The molecule has 1 saturated heterocycles. The van der Waals surface area contributed by atoms with Gasteiger partial charge in [0, 0.05) is 30.4 Å². The molecule has 0 radical (unpaired) electrons. The second kappa shape index (κ2) is 7.50. The van der Waals surface area contributed by atoms with Gasteiger partial charge in [0.25, 0.3) is 5.91 Å². The highest BCUT2D eigenvalue weighted by molar-refractivity contribution is 7.20. The van der Waals surface area contributed by atoms with Crippen LogP contribution in [0.4, 0.5) is 4.39 Å². The predicted octanol–water partition coefficient (Wildman–Crippen LogP) is 3.67. The highest BCUT2D eigenvalue weighted by Crippen LogP contribution is 2.32. The number of carbonyl (C=O) groups excluding carboxylic acids is 2. The number of carbonyl (C=O) groups is 2. The predicted molar refractivity (Wildman–Crippen MR) is 113 cm³/mol. The van der Waals surface area contributed by atoms with Crippen molar-refractivity contribution >= 4 is 33.4 Å². The van der Waals surface area contributed by atoms with Crippen LogP contribution in [0.1, 0.15) is 41.0 Å². The van der Waals surface area contributed by atoms with Crippen molar-refractivity contribution in [2.24, 2.45) is 5.92 Å². The van der Waals surface area contributed by atoms with E-state index in [4.69, 9.17) is 0 Å². The maximum Gasteiger partial charge on any atom is 0.264 e. The highest BCUT2D eigenvalue weighted by atomic mass is 32.1. The van der Waals surface area contributed by atoms with Crippen molar-refractivity contribution in [3.8, 4) is 5.69 Å². The first-order valence-electron chi connectivity index (χ1n) is 10.3. The average Bonchev–Trinajstić information content (AvgIpc) is 3.37. The van der Waals surface area contributed by atoms with E-state index in [-0.39, 0.29) is 23.5 Å².